The molecule has 1 heterocycles. The molecule has 1 aliphatic rings. The molecule has 132 valence electrons. The van der Waals surface area contributed by atoms with E-state index in [0.717, 1.165) is 35.1 Å². The van der Waals surface area contributed by atoms with Gasteiger partial charge in [0.25, 0.3) is 0 Å². The Hall–Kier alpha value is -2.47. The largest absolute Gasteiger partial charge is 0.398 e. The molecule has 0 spiro atoms. The van der Waals surface area contributed by atoms with Gasteiger partial charge in [-0.05, 0) is 63.6 Å². The number of nitrogens with zero attached hydrogens (tertiary/aromatic N) is 3. The van der Waals surface area contributed by atoms with Crippen molar-refractivity contribution in [3.63, 3.8) is 0 Å². The second-order valence-electron chi connectivity index (χ2n) is 6.86. The molecule has 4 N–H and O–H groups in total. The Morgan fingerprint density at radius 3 is 2.68 bits per heavy atom. The average molecular weight is 338 g/mol. The molecule has 3 rings (SSSR count). The summed E-state index contributed by atoms with van der Waals surface area (Å²) >= 11 is 0. The van der Waals surface area contributed by atoms with Crippen LogP contribution in [0.2, 0.25) is 0 Å². The number of aromatic nitrogens is 2. The first kappa shape index (κ1) is 17.4. The Morgan fingerprint density at radius 1 is 1.24 bits per heavy atom. The molecule has 1 fully saturated rings. The summed E-state index contributed by atoms with van der Waals surface area (Å²) in [6.45, 7) is 0. The second-order valence-corrected chi connectivity index (χ2v) is 6.86. The zero-order valence-electron chi connectivity index (χ0n) is 14.9. The van der Waals surface area contributed by atoms with E-state index in [1.54, 1.807) is 12.4 Å². The minimum Gasteiger partial charge on any atom is -0.398 e. The van der Waals surface area contributed by atoms with E-state index in [1.807, 2.05) is 18.2 Å². The van der Waals surface area contributed by atoms with Crippen LogP contribution in [-0.4, -0.2) is 47.3 Å². The van der Waals surface area contributed by atoms with Crippen molar-refractivity contribution >= 4 is 28.6 Å². The van der Waals surface area contributed by atoms with Crippen LogP contribution in [0.4, 0.5) is 5.82 Å². The molecule has 0 atom stereocenters. The first-order valence-electron chi connectivity index (χ1n) is 8.73. The van der Waals surface area contributed by atoms with Gasteiger partial charge in [0.2, 0.25) is 0 Å². The number of nitrogens with two attached hydrogens (primary N) is 1. The number of benzene rings is 1. The zero-order chi connectivity index (χ0) is 17.8. The van der Waals surface area contributed by atoms with Gasteiger partial charge in [-0.3, -0.25) is 0 Å². The van der Waals surface area contributed by atoms with Gasteiger partial charge in [-0.15, -0.1) is 0 Å². The molecule has 6 nitrogen and oxygen atoms in total. The highest BCUT2D eigenvalue weighted by Crippen LogP contribution is 2.27. The van der Waals surface area contributed by atoms with Crippen LogP contribution in [0.1, 0.15) is 31.2 Å². The number of rotatable bonds is 5. The predicted octanol–water partition coefficient (Wildman–Crippen LogP) is 2.86. The quantitative estimate of drug-likeness (QED) is 0.729. The smallest absolute Gasteiger partial charge is 0.137 e. The standard InChI is InChI=1S/C19H26N6/c1-25(2)15-6-4-14(5-7-15)24-19-16-11-13(17(21)9-10-20)3-8-18(16)22-12-23-19/h3,8-12,14-15,20H,4-7,21H2,1-2H3,(H,22,23,24). The maximum atomic E-state index is 7.18. The lowest BCUT2D eigenvalue weighted by Crippen LogP contribution is -2.36. The molecule has 1 aromatic carbocycles. The third kappa shape index (κ3) is 3.96. The minimum atomic E-state index is 0.437. The molecule has 2 aromatic rings. The van der Waals surface area contributed by atoms with Crippen molar-refractivity contribution in [2.45, 2.75) is 37.8 Å². The molecular formula is C19H26N6. The summed E-state index contributed by atoms with van der Waals surface area (Å²) < 4.78 is 0. The van der Waals surface area contributed by atoms with Crippen LogP contribution >= 0.6 is 0 Å². The van der Waals surface area contributed by atoms with E-state index in [-0.39, 0.29) is 0 Å². The van der Waals surface area contributed by atoms with Crippen molar-refractivity contribution in [3.8, 4) is 0 Å². The van der Waals surface area contributed by atoms with Crippen LogP contribution in [0.3, 0.4) is 0 Å². The Balaban J connectivity index is 1.83. The average Bonchev–Trinajstić information content (AvgIpc) is 2.62. The van der Waals surface area contributed by atoms with Gasteiger partial charge >= 0.3 is 0 Å². The Morgan fingerprint density at radius 2 is 2.00 bits per heavy atom. The number of nitrogens with one attached hydrogen (secondary N) is 2. The number of hydrogen-bond acceptors (Lipinski definition) is 6. The SMILES string of the molecule is CN(C)C1CCC(Nc2ncnc3ccc(C(N)=CC=N)cc23)CC1. The topological polar surface area (TPSA) is 90.9 Å². The summed E-state index contributed by atoms with van der Waals surface area (Å²) in [5.41, 5.74) is 8.36. The van der Waals surface area contributed by atoms with E-state index in [4.69, 9.17) is 11.1 Å². The minimum absolute atomic E-state index is 0.437. The van der Waals surface area contributed by atoms with Gasteiger partial charge in [0.05, 0.1) is 5.52 Å². The lowest BCUT2D eigenvalue weighted by molar-refractivity contribution is 0.221. The van der Waals surface area contributed by atoms with Crippen molar-refractivity contribution in [1.82, 2.24) is 14.9 Å². The fourth-order valence-electron chi connectivity index (χ4n) is 3.47. The van der Waals surface area contributed by atoms with E-state index in [2.05, 4.69) is 34.3 Å². The third-order valence-electron chi connectivity index (χ3n) is 5.00. The van der Waals surface area contributed by atoms with E-state index < -0.39 is 0 Å². The van der Waals surface area contributed by atoms with Crippen molar-refractivity contribution in [3.05, 3.63) is 36.2 Å². The molecule has 0 unspecified atom stereocenters. The molecule has 6 heteroatoms. The van der Waals surface area contributed by atoms with E-state index in [9.17, 15) is 0 Å². The summed E-state index contributed by atoms with van der Waals surface area (Å²) in [5.74, 6) is 0.864. The first-order valence-corrected chi connectivity index (χ1v) is 8.73. The second kappa shape index (κ2) is 7.61. The highest BCUT2D eigenvalue weighted by atomic mass is 15.1. The van der Waals surface area contributed by atoms with Gasteiger partial charge in [0, 0.05) is 29.4 Å². The number of allylic oxidation sites excluding steroid dienone is 1. The summed E-state index contributed by atoms with van der Waals surface area (Å²) in [6, 6.07) is 6.99. The van der Waals surface area contributed by atoms with Crippen LogP contribution in [0.25, 0.3) is 16.6 Å². The molecule has 0 bridgehead atoms. The fourth-order valence-corrected chi connectivity index (χ4v) is 3.47. The van der Waals surface area contributed by atoms with Crippen LogP contribution in [-0.2, 0) is 0 Å². The molecular weight excluding hydrogens is 312 g/mol. The van der Waals surface area contributed by atoms with Crippen molar-refractivity contribution < 1.29 is 0 Å². The maximum Gasteiger partial charge on any atom is 0.137 e. The normalized spacial score (nSPS) is 21.5. The third-order valence-corrected chi connectivity index (χ3v) is 5.00. The van der Waals surface area contributed by atoms with Crippen LogP contribution in [0, 0.1) is 5.41 Å². The molecule has 1 saturated carbocycles. The fraction of sp³-hybridized carbons (Fsp3) is 0.421. The molecule has 0 saturated heterocycles. The van der Waals surface area contributed by atoms with E-state index in [1.165, 1.54) is 19.1 Å². The van der Waals surface area contributed by atoms with Crippen LogP contribution in [0.15, 0.2) is 30.6 Å². The Labute approximate surface area is 148 Å². The van der Waals surface area contributed by atoms with E-state index >= 15 is 0 Å². The lowest BCUT2D eigenvalue weighted by atomic mass is 9.90. The summed E-state index contributed by atoms with van der Waals surface area (Å²) in [6.07, 6.45) is 9.08. The summed E-state index contributed by atoms with van der Waals surface area (Å²) in [7, 11) is 4.31. The van der Waals surface area contributed by atoms with Crippen molar-refractivity contribution in [2.75, 3.05) is 19.4 Å². The summed E-state index contributed by atoms with van der Waals surface area (Å²) in [5, 5.41) is 11.8. The lowest BCUT2D eigenvalue weighted by Gasteiger charge is -2.33. The Bertz CT molecular complexity index is 775. The first-order chi connectivity index (χ1) is 12.1. The van der Waals surface area contributed by atoms with Crippen molar-refractivity contribution in [2.24, 2.45) is 5.73 Å². The maximum absolute atomic E-state index is 7.18. The molecule has 25 heavy (non-hydrogen) atoms. The van der Waals surface area contributed by atoms with Crippen molar-refractivity contribution in [1.29, 1.82) is 5.41 Å². The monoisotopic (exact) mass is 338 g/mol. The summed E-state index contributed by atoms with van der Waals surface area (Å²) in [4.78, 5) is 11.1. The molecule has 0 aliphatic heterocycles. The number of anilines is 1. The molecule has 0 radical (unpaired) electrons. The van der Waals surface area contributed by atoms with Gasteiger partial charge < -0.3 is 21.4 Å². The molecule has 0 amide bonds. The highest BCUT2D eigenvalue weighted by molar-refractivity contribution is 5.92. The highest BCUT2D eigenvalue weighted by Gasteiger charge is 2.23. The van der Waals surface area contributed by atoms with Gasteiger partial charge in [0.1, 0.15) is 12.1 Å². The van der Waals surface area contributed by atoms with Gasteiger partial charge in [0.15, 0.2) is 0 Å². The molecule has 1 aliphatic carbocycles. The van der Waals surface area contributed by atoms with Gasteiger partial charge in [-0.1, -0.05) is 6.07 Å². The Kier molecular flexibility index (Phi) is 5.28. The number of fused-ring (bicyclic) bond motifs is 1. The van der Waals surface area contributed by atoms with Gasteiger partial charge in [-0.25, -0.2) is 9.97 Å². The zero-order valence-corrected chi connectivity index (χ0v) is 14.9. The molecule has 1 aromatic heterocycles. The van der Waals surface area contributed by atoms with Crippen LogP contribution < -0.4 is 11.1 Å². The predicted molar refractivity (Wildman–Crippen MR) is 104 cm³/mol. The number of hydrogen-bond donors (Lipinski definition) is 3. The van der Waals surface area contributed by atoms with E-state index in [0.29, 0.717) is 17.8 Å². The van der Waals surface area contributed by atoms with Gasteiger partial charge in [-0.2, -0.15) is 0 Å². The van der Waals surface area contributed by atoms with Crippen LogP contribution in [0.5, 0.6) is 0 Å².